The topological polar surface area (TPSA) is 25.2 Å². The summed E-state index contributed by atoms with van der Waals surface area (Å²) in [6.45, 7) is 0.520. The van der Waals surface area contributed by atoms with Crippen molar-refractivity contribution in [3.8, 4) is 0 Å². The van der Waals surface area contributed by atoms with Crippen LogP contribution in [0.2, 0.25) is 0 Å². The van der Waals surface area contributed by atoms with Crippen molar-refractivity contribution in [2.24, 2.45) is 0 Å². The van der Waals surface area contributed by atoms with E-state index in [-0.39, 0.29) is 6.04 Å². The van der Waals surface area contributed by atoms with Gasteiger partial charge in [0.05, 0.1) is 6.26 Å². The molecule has 0 saturated heterocycles. The van der Waals surface area contributed by atoms with E-state index in [2.05, 4.69) is 5.32 Å². The van der Waals surface area contributed by atoms with Gasteiger partial charge in [-0.2, -0.15) is 0 Å². The number of furan rings is 1. The van der Waals surface area contributed by atoms with Gasteiger partial charge in [-0.1, -0.05) is 6.07 Å². The van der Waals surface area contributed by atoms with Crippen LogP contribution in [0.25, 0.3) is 0 Å². The van der Waals surface area contributed by atoms with Crippen LogP contribution in [-0.4, -0.2) is 0 Å². The Morgan fingerprint density at radius 3 is 2.95 bits per heavy atom. The van der Waals surface area contributed by atoms with E-state index in [0.29, 0.717) is 6.54 Å². The maximum Gasteiger partial charge on any atom is 0.159 e. The monoisotopic (exact) mass is 263 g/mol. The number of halogens is 2. The minimum Gasteiger partial charge on any atom is -0.469 e. The Morgan fingerprint density at radius 1 is 1.21 bits per heavy atom. The van der Waals surface area contributed by atoms with Gasteiger partial charge in [0.1, 0.15) is 5.76 Å². The summed E-state index contributed by atoms with van der Waals surface area (Å²) >= 11 is 0. The van der Waals surface area contributed by atoms with Crippen molar-refractivity contribution in [3.63, 3.8) is 0 Å². The molecule has 1 aromatic heterocycles. The van der Waals surface area contributed by atoms with E-state index in [1.165, 1.54) is 11.6 Å². The maximum atomic E-state index is 13.1. The molecule has 1 N–H and O–H groups in total. The van der Waals surface area contributed by atoms with Gasteiger partial charge in [0.25, 0.3) is 0 Å². The highest BCUT2D eigenvalue weighted by atomic mass is 19.2. The minimum atomic E-state index is -0.807. The van der Waals surface area contributed by atoms with E-state index in [1.54, 1.807) is 12.3 Å². The first-order valence-corrected chi connectivity index (χ1v) is 6.47. The molecule has 0 amide bonds. The summed E-state index contributed by atoms with van der Waals surface area (Å²) in [6.07, 6.45) is 4.81. The molecule has 0 spiro atoms. The highest BCUT2D eigenvalue weighted by molar-refractivity contribution is 5.25. The Balaban J connectivity index is 1.69. The van der Waals surface area contributed by atoms with Crippen molar-refractivity contribution >= 4 is 0 Å². The number of hydrogen-bond donors (Lipinski definition) is 1. The maximum absolute atomic E-state index is 13.1. The SMILES string of the molecule is Fc1ccc(CNC2CCCc3occc32)cc1F. The van der Waals surface area contributed by atoms with Gasteiger partial charge in [-0.25, -0.2) is 8.78 Å². The molecule has 1 atom stereocenters. The van der Waals surface area contributed by atoms with E-state index >= 15 is 0 Å². The van der Waals surface area contributed by atoms with Crippen molar-refractivity contribution in [2.75, 3.05) is 0 Å². The molecule has 1 heterocycles. The van der Waals surface area contributed by atoms with Crippen LogP contribution in [0.5, 0.6) is 0 Å². The largest absolute Gasteiger partial charge is 0.469 e. The van der Waals surface area contributed by atoms with Crippen LogP contribution < -0.4 is 5.32 Å². The van der Waals surface area contributed by atoms with E-state index in [9.17, 15) is 8.78 Å². The van der Waals surface area contributed by atoms with Crippen LogP contribution in [0, 0.1) is 11.6 Å². The second kappa shape index (κ2) is 5.13. The number of hydrogen-bond acceptors (Lipinski definition) is 2. The summed E-state index contributed by atoms with van der Waals surface area (Å²) in [6, 6.07) is 6.22. The predicted octanol–water partition coefficient (Wildman–Crippen LogP) is 3.73. The summed E-state index contributed by atoms with van der Waals surface area (Å²) in [5, 5.41) is 3.38. The second-order valence-electron chi connectivity index (χ2n) is 4.87. The number of nitrogens with one attached hydrogen (secondary N) is 1. The lowest BCUT2D eigenvalue weighted by Gasteiger charge is -2.22. The van der Waals surface area contributed by atoms with Gasteiger partial charge in [0, 0.05) is 24.6 Å². The third kappa shape index (κ3) is 2.54. The highest BCUT2D eigenvalue weighted by Crippen LogP contribution is 2.30. The molecule has 1 aliphatic carbocycles. The summed E-state index contributed by atoms with van der Waals surface area (Å²) in [5.74, 6) is -0.570. The molecule has 19 heavy (non-hydrogen) atoms. The number of aryl methyl sites for hydroxylation is 1. The first-order valence-electron chi connectivity index (χ1n) is 6.47. The Labute approximate surface area is 110 Å². The fourth-order valence-electron chi connectivity index (χ4n) is 2.59. The van der Waals surface area contributed by atoms with Crippen LogP contribution in [0.3, 0.4) is 0 Å². The number of rotatable bonds is 3. The molecule has 1 unspecified atom stereocenters. The van der Waals surface area contributed by atoms with Crippen molar-refractivity contribution in [3.05, 3.63) is 59.1 Å². The molecular weight excluding hydrogens is 248 g/mol. The van der Waals surface area contributed by atoms with Gasteiger partial charge in [-0.3, -0.25) is 0 Å². The zero-order chi connectivity index (χ0) is 13.2. The lowest BCUT2D eigenvalue weighted by Crippen LogP contribution is -2.24. The molecule has 0 bridgehead atoms. The molecule has 2 aromatic rings. The molecule has 4 heteroatoms. The molecule has 2 nitrogen and oxygen atoms in total. The Morgan fingerprint density at radius 2 is 2.11 bits per heavy atom. The van der Waals surface area contributed by atoms with Crippen molar-refractivity contribution in [2.45, 2.75) is 31.8 Å². The van der Waals surface area contributed by atoms with Gasteiger partial charge in [-0.05, 0) is 36.6 Å². The Hall–Kier alpha value is -1.68. The zero-order valence-electron chi connectivity index (χ0n) is 10.5. The molecule has 0 aliphatic heterocycles. The van der Waals surface area contributed by atoms with Crippen LogP contribution in [0.1, 0.15) is 35.8 Å². The molecule has 100 valence electrons. The van der Waals surface area contributed by atoms with Crippen LogP contribution >= 0.6 is 0 Å². The Kier molecular flexibility index (Phi) is 3.34. The fourth-order valence-corrected chi connectivity index (χ4v) is 2.59. The minimum absolute atomic E-state index is 0.232. The third-order valence-electron chi connectivity index (χ3n) is 3.59. The number of benzene rings is 1. The first kappa shape index (κ1) is 12.4. The smallest absolute Gasteiger partial charge is 0.159 e. The normalized spacial score (nSPS) is 18.3. The zero-order valence-corrected chi connectivity index (χ0v) is 10.5. The fraction of sp³-hybridized carbons (Fsp3) is 0.333. The summed E-state index contributed by atoms with van der Waals surface area (Å²) in [5.41, 5.74) is 1.93. The van der Waals surface area contributed by atoms with E-state index in [1.807, 2.05) is 6.07 Å². The summed E-state index contributed by atoms with van der Waals surface area (Å²) < 4.78 is 31.4. The molecule has 0 radical (unpaired) electrons. The van der Waals surface area contributed by atoms with Crippen molar-refractivity contribution in [1.82, 2.24) is 5.32 Å². The third-order valence-corrected chi connectivity index (χ3v) is 3.59. The lowest BCUT2D eigenvalue weighted by atomic mass is 9.93. The van der Waals surface area contributed by atoms with Crippen LogP contribution in [0.15, 0.2) is 34.9 Å². The summed E-state index contributed by atoms with van der Waals surface area (Å²) in [7, 11) is 0. The van der Waals surface area contributed by atoms with Crippen molar-refractivity contribution in [1.29, 1.82) is 0 Å². The van der Waals surface area contributed by atoms with Gasteiger partial charge in [0.15, 0.2) is 11.6 Å². The standard InChI is InChI=1S/C15H15F2NO/c16-12-5-4-10(8-13(12)17)9-18-14-2-1-3-15-11(14)6-7-19-15/h4-8,14,18H,1-3,9H2. The average Bonchev–Trinajstić information content (AvgIpc) is 2.89. The van der Waals surface area contributed by atoms with Gasteiger partial charge >= 0.3 is 0 Å². The average molecular weight is 263 g/mol. The quantitative estimate of drug-likeness (QED) is 0.912. The molecular formula is C15H15F2NO. The number of fused-ring (bicyclic) bond motifs is 1. The summed E-state index contributed by atoms with van der Waals surface area (Å²) in [4.78, 5) is 0. The van der Waals surface area contributed by atoms with E-state index in [0.717, 1.165) is 36.7 Å². The molecule has 3 rings (SSSR count). The van der Waals surface area contributed by atoms with Gasteiger partial charge in [-0.15, -0.1) is 0 Å². The first-order chi connectivity index (χ1) is 9.24. The van der Waals surface area contributed by atoms with Crippen molar-refractivity contribution < 1.29 is 13.2 Å². The Bertz CT molecular complexity index is 579. The predicted molar refractivity (Wildman–Crippen MR) is 67.6 cm³/mol. The van der Waals surface area contributed by atoms with E-state index < -0.39 is 11.6 Å². The van der Waals surface area contributed by atoms with Gasteiger partial charge < -0.3 is 9.73 Å². The molecule has 0 saturated carbocycles. The van der Waals surface area contributed by atoms with E-state index in [4.69, 9.17) is 4.42 Å². The molecule has 1 aliphatic rings. The van der Waals surface area contributed by atoms with Crippen LogP contribution in [-0.2, 0) is 13.0 Å². The van der Waals surface area contributed by atoms with Gasteiger partial charge in [0.2, 0.25) is 0 Å². The molecule has 0 fully saturated rings. The lowest BCUT2D eigenvalue weighted by molar-refractivity contribution is 0.410. The highest BCUT2D eigenvalue weighted by Gasteiger charge is 2.21. The van der Waals surface area contributed by atoms with Crippen LogP contribution in [0.4, 0.5) is 8.78 Å². The molecule has 1 aromatic carbocycles. The second-order valence-corrected chi connectivity index (χ2v) is 4.87.